The van der Waals surface area contributed by atoms with E-state index in [0.717, 1.165) is 18.4 Å². The topological polar surface area (TPSA) is 50.4 Å². The van der Waals surface area contributed by atoms with Crippen molar-refractivity contribution in [3.05, 3.63) is 34.9 Å². The highest BCUT2D eigenvalue weighted by atomic mass is 35.5. The maximum Gasteiger partial charge on any atom is 0.315 e. The van der Waals surface area contributed by atoms with Gasteiger partial charge >= 0.3 is 6.03 Å². The number of hydrogen-bond acceptors (Lipinski definition) is 2. The Morgan fingerprint density at radius 1 is 1.27 bits per heavy atom. The summed E-state index contributed by atoms with van der Waals surface area (Å²) in [6, 6.07) is 7.71. The lowest BCUT2D eigenvalue weighted by atomic mass is 10.1. The average Bonchev–Trinajstić information content (AvgIpc) is 2.78. The first kappa shape index (κ1) is 17.1. The van der Waals surface area contributed by atoms with Gasteiger partial charge in [-0.05, 0) is 18.9 Å². The van der Waals surface area contributed by atoms with Crippen LogP contribution in [0.25, 0.3) is 0 Å². The minimum absolute atomic E-state index is 0.124. The van der Waals surface area contributed by atoms with Crippen molar-refractivity contribution in [1.82, 2.24) is 10.6 Å². The molecular formula is C17H25ClN2O2. The zero-order valence-corrected chi connectivity index (χ0v) is 13.9. The van der Waals surface area contributed by atoms with Crippen molar-refractivity contribution >= 4 is 17.6 Å². The molecule has 2 amide bonds. The number of hydrogen-bond donors (Lipinski definition) is 2. The summed E-state index contributed by atoms with van der Waals surface area (Å²) in [6.45, 7) is 0.402. The van der Waals surface area contributed by atoms with Crippen LogP contribution in [0.1, 0.15) is 50.2 Å². The molecule has 122 valence electrons. The van der Waals surface area contributed by atoms with E-state index in [4.69, 9.17) is 16.3 Å². The molecule has 1 aliphatic carbocycles. The van der Waals surface area contributed by atoms with Gasteiger partial charge in [-0.2, -0.15) is 0 Å². The van der Waals surface area contributed by atoms with E-state index in [2.05, 4.69) is 10.6 Å². The number of ether oxygens (including phenoxy) is 1. The molecule has 0 aromatic heterocycles. The molecule has 1 aromatic carbocycles. The lowest BCUT2D eigenvalue weighted by Gasteiger charge is -2.20. The van der Waals surface area contributed by atoms with Gasteiger partial charge in [0, 0.05) is 30.3 Å². The van der Waals surface area contributed by atoms with Gasteiger partial charge < -0.3 is 15.4 Å². The molecule has 1 aliphatic rings. The molecule has 0 aliphatic heterocycles. The third-order valence-corrected chi connectivity index (χ3v) is 4.52. The van der Waals surface area contributed by atoms with Crippen LogP contribution in [-0.2, 0) is 4.74 Å². The zero-order valence-electron chi connectivity index (χ0n) is 13.1. The van der Waals surface area contributed by atoms with Gasteiger partial charge in [0.15, 0.2) is 0 Å². The first-order valence-corrected chi connectivity index (χ1v) is 8.40. The second-order valence-electron chi connectivity index (χ2n) is 5.79. The van der Waals surface area contributed by atoms with Gasteiger partial charge in [-0.15, -0.1) is 0 Å². The summed E-state index contributed by atoms with van der Waals surface area (Å²) in [5.41, 5.74) is 0.890. The Morgan fingerprint density at radius 2 is 1.95 bits per heavy atom. The number of rotatable bonds is 5. The molecule has 1 saturated carbocycles. The number of carbonyl (C=O) groups excluding carboxylic acids is 1. The van der Waals surface area contributed by atoms with Crippen molar-refractivity contribution in [1.29, 1.82) is 0 Å². The van der Waals surface area contributed by atoms with Crippen molar-refractivity contribution < 1.29 is 9.53 Å². The van der Waals surface area contributed by atoms with E-state index in [1.165, 1.54) is 25.7 Å². The predicted molar refractivity (Wildman–Crippen MR) is 89.2 cm³/mol. The van der Waals surface area contributed by atoms with Crippen LogP contribution in [0.3, 0.4) is 0 Å². The third-order valence-electron chi connectivity index (χ3n) is 4.18. The molecule has 1 unspecified atom stereocenters. The van der Waals surface area contributed by atoms with Gasteiger partial charge in [-0.25, -0.2) is 4.79 Å². The Kier molecular flexibility index (Phi) is 7.00. The molecular weight excluding hydrogens is 300 g/mol. The molecule has 1 fully saturated rings. The van der Waals surface area contributed by atoms with Gasteiger partial charge in [-0.3, -0.25) is 0 Å². The van der Waals surface area contributed by atoms with Gasteiger partial charge in [-0.1, -0.05) is 55.5 Å². The summed E-state index contributed by atoms with van der Waals surface area (Å²) in [5, 5.41) is 6.61. The number of methoxy groups -OCH3 is 1. The SMILES string of the molecule is COC(CNC(=O)NC1CCCCCC1)c1ccccc1Cl. The Morgan fingerprint density at radius 3 is 2.59 bits per heavy atom. The number of amides is 2. The molecule has 2 rings (SSSR count). The van der Waals surface area contributed by atoms with Crippen LogP contribution in [0, 0.1) is 0 Å². The van der Waals surface area contributed by atoms with Crippen molar-refractivity contribution in [3.63, 3.8) is 0 Å². The first-order valence-electron chi connectivity index (χ1n) is 8.02. The highest BCUT2D eigenvalue weighted by Crippen LogP contribution is 2.24. The Bertz CT molecular complexity index is 473. The van der Waals surface area contributed by atoms with Gasteiger partial charge in [0.25, 0.3) is 0 Å². The summed E-state index contributed by atoms with van der Waals surface area (Å²) in [5.74, 6) is 0. The molecule has 22 heavy (non-hydrogen) atoms. The molecule has 1 atom stereocenters. The fraction of sp³-hybridized carbons (Fsp3) is 0.588. The predicted octanol–water partition coefficient (Wildman–Crippen LogP) is 4.05. The number of nitrogens with one attached hydrogen (secondary N) is 2. The Labute approximate surface area is 137 Å². The summed E-state index contributed by atoms with van der Waals surface area (Å²) in [4.78, 5) is 12.0. The fourth-order valence-corrected chi connectivity index (χ4v) is 3.16. The van der Waals surface area contributed by atoms with Crippen LogP contribution in [0.4, 0.5) is 4.79 Å². The standard InChI is InChI=1S/C17H25ClN2O2/c1-22-16(14-10-6-7-11-15(14)18)12-19-17(21)20-13-8-4-2-3-5-9-13/h6-7,10-11,13,16H,2-5,8-9,12H2,1H3,(H2,19,20,21). The molecule has 0 radical (unpaired) electrons. The molecule has 0 spiro atoms. The van der Waals surface area contributed by atoms with E-state index in [1.54, 1.807) is 7.11 Å². The quantitative estimate of drug-likeness (QED) is 0.803. The number of urea groups is 1. The van der Waals surface area contributed by atoms with E-state index < -0.39 is 0 Å². The second-order valence-corrected chi connectivity index (χ2v) is 6.20. The molecule has 0 saturated heterocycles. The zero-order chi connectivity index (χ0) is 15.8. The van der Waals surface area contributed by atoms with Crippen LogP contribution in [0.15, 0.2) is 24.3 Å². The van der Waals surface area contributed by atoms with E-state index in [0.29, 0.717) is 17.6 Å². The molecule has 4 nitrogen and oxygen atoms in total. The van der Waals surface area contributed by atoms with E-state index in [9.17, 15) is 4.79 Å². The summed E-state index contributed by atoms with van der Waals surface area (Å²) in [7, 11) is 1.62. The molecule has 0 bridgehead atoms. The third kappa shape index (κ3) is 5.18. The maximum absolute atomic E-state index is 12.0. The normalized spacial score (nSPS) is 17.5. The van der Waals surface area contributed by atoms with Gasteiger partial charge in [0.2, 0.25) is 0 Å². The van der Waals surface area contributed by atoms with Crippen LogP contribution in [-0.4, -0.2) is 25.7 Å². The molecule has 5 heteroatoms. The molecule has 0 heterocycles. The summed E-state index contributed by atoms with van der Waals surface area (Å²) < 4.78 is 5.45. The average molecular weight is 325 g/mol. The number of benzene rings is 1. The van der Waals surface area contributed by atoms with Crippen molar-refractivity contribution in [2.45, 2.75) is 50.7 Å². The minimum Gasteiger partial charge on any atom is -0.375 e. The second kappa shape index (κ2) is 9.01. The van der Waals surface area contributed by atoms with Gasteiger partial charge in [0.05, 0.1) is 0 Å². The van der Waals surface area contributed by atoms with Crippen molar-refractivity contribution in [2.24, 2.45) is 0 Å². The maximum atomic E-state index is 12.0. The monoisotopic (exact) mass is 324 g/mol. The fourth-order valence-electron chi connectivity index (χ4n) is 2.90. The summed E-state index contributed by atoms with van der Waals surface area (Å²) >= 11 is 6.18. The number of halogens is 1. The molecule has 1 aromatic rings. The lowest BCUT2D eigenvalue weighted by Crippen LogP contribution is -2.43. The van der Waals surface area contributed by atoms with Crippen LogP contribution < -0.4 is 10.6 Å². The largest absolute Gasteiger partial charge is 0.375 e. The highest BCUT2D eigenvalue weighted by molar-refractivity contribution is 6.31. The van der Waals surface area contributed by atoms with E-state index in [1.807, 2.05) is 24.3 Å². The Balaban J connectivity index is 1.82. The first-order chi connectivity index (χ1) is 10.7. The minimum atomic E-state index is -0.242. The lowest BCUT2D eigenvalue weighted by molar-refractivity contribution is 0.104. The molecule has 2 N–H and O–H groups in total. The van der Waals surface area contributed by atoms with Crippen molar-refractivity contribution in [3.8, 4) is 0 Å². The van der Waals surface area contributed by atoms with E-state index in [-0.39, 0.29) is 12.1 Å². The summed E-state index contributed by atoms with van der Waals surface area (Å²) in [6.07, 6.45) is 6.86. The highest BCUT2D eigenvalue weighted by Gasteiger charge is 2.17. The van der Waals surface area contributed by atoms with Crippen molar-refractivity contribution in [2.75, 3.05) is 13.7 Å². The van der Waals surface area contributed by atoms with Crippen LogP contribution >= 0.6 is 11.6 Å². The van der Waals surface area contributed by atoms with Gasteiger partial charge in [0.1, 0.15) is 6.10 Å². The smallest absolute Gasteiger partial charge is 0.315 e. The Hall–Kier alpha value is -1.26. The number of carbonyl (C=O) groups is 1. The van der Waals surface area contributed by atoms with E-state index >= 15 is 0 Å². The van der Waals surface area contributed by atoms with Crippen LogP contribution in [0.2, 0.25) is 5.02 Å². The van der Waals surface area contributed by atoms with Crippen LogP contribution in [0.5, 0.6) is 0 Å².